The fraction of sp³-hybridized carbons (Fsp3) is 0.200. The predicted molar refractivity (Wildman–Crippen MR) is 74.0 cm³/mol. The minimum atomic E-state index is -0.717. The maximum Gasteiger partial charge on any atom is 0.267 e. The summed E-state index contributed by atoms with van der Waals surface area (Å²) >= 11 is 0. The van der Waals surface area contributed by atoms with Crippen molar-refractivity contribution in [2.75, 3.05) is 0 Å². The number of hydrogen-bond donors (Lipinski definition) is 0. The predicted octanol–water partition coefficient (Wildman–Crippen LogP) is 1.89. The third kappa shape index (κ3) is 2.71. The first-order valence-electron chi connectivity index (χ1n) is 6.24. The van der Waals surface area contributed by atoms with Gasteiger partial charge in [-0.3, -0.25) is 14.4 Å². The molecule has 0 aliphatic heterocycles. The standard InChI is InChI=1S/C15H14N2O3/c1-10(2)17-13(18)9-8-12(16-17)15(20)14(19)11-6-4-3-5-7-11/h3-10H,1-2H3. The molecule has 1 aromatic carbocycles. The molecular formula is C15H14N2O3. The fourth-order valence-electron chi connectivity index (χ4n) is 1.75. The van der Waals surface area contributed by atoms with Crippen LogP contribution >= 0.6 is 0 Å². The van der Waals surface area contributed by atoms with E-state index in [1.165, 1.54) is 16.8 Å². The molecule has 1 aromatic heterocycles. The number of rotatable bonds is 4. The fourth-order valence-corrected chi connectivity index (χ4v) is 1.75. The number of benzene rings is 1. The molecule has 5 heteroatoms. The van der Waals surface area contributed by atoms with Crippen LogP contribution in [0.15, 0.2) is 47.3 Å². The van der Waals surface area contributed by atoms with Crippen molar-refractivity contribution in [3.8, 4) is 0 Å². The molecule has 0 unspecified atom stereocenters. The van der Waals surface area contributed by atoms with Crippen LogP contribution in [0.25, 0.3) is 0 Å². The minimum Gasteiger partial charge on any atom is -0.285 e. The van der Waals surface area contributed by atoms with Gasteiger partial charge in [-0.25, -0.2) is 4.68 Å². The first kappa shape index (κ1) is 13.9. The zero-order chi connectivity index (χ0) is 14.7. The van der Waals surface area contributed by atoms with Gasteiger partial charge in [0.2, 0.25) is 5.78 Å². The van der Waals surface area contributed by atoms with Crippen molar-refractivity contribution >= 4 is 11.6 Å². The summed E-state index contributed by atoms with van der Waals surface area (Å²) in [6, 6.07) is 10.6. The van der Waals surface area contributed by atoms with E-state index in [1.54, 1.807) is 44.2 Å². The van der Waals surface area contributed by atoms with Crippen LogP contribution in [-0.4, -0.2) is 21.3 Å². The van der Waals surface area contributed by atoms with Crippen LogP contribution in [-0.2, 0) is 0 Å². The van der Waals surface area contributed by atoms with Gasteiger partial charge in [-0.1, -0.05) is 30.3 Å². The van der Waals surface area contributed by atoms with Gasteiger partial charge >= 0.3 is 0 Å². The van der Waals surface area contributed by atoms with Crippen molar-refractivity contribution in [1.29, 1.82) is 0 Å². The topological polar surface area (TPSA) is 69.0 Å². The number of hydrogen-bond acceptors (Lipinski definition) is 4. The van der Waals surface area contributed by atoms with Gasteiger partial charge in [0, 0.05) is 11.6 Å². The summed E-state index contributed by atoms with van der Waals surface area (Å²) in [7, 11) is 0. The second kappa shape index (κ2) is 5.61. The van der Waals surface area contributed by atoms with Gasteiger partial charge in [0.1, 0.15) is 5.69 Å². The summed E-state index contributed by atoms with van der Waals surface area (Å²) in [6.45, 7) is 3.56. The SMILES string of the molecule is CC(C)n1nc(C(=O)C(=O)c2ccccc2)ccc1=O. The van der Waals surface area contributed by atoms with Crippen molar-refractivity contribution in [1.82, 2.24) is 9.78 Å². The molecule has 0 aliphatic carbocycles. The van der Waals surface area contributed by atoms with Crippen LogP contribution in [0.1, 0.15) is 40.7 Å². The Morgan fingerprint density at radius 1 is 1.00 bits per heavy atom. The summed E-state index contributed by atoms with van der Waals surface area (Å²) in [5.74, 6) is -1.35. The molecule has 20 heavy (non-hydrogen) atoms. The lowest BCUT2D eigenvalue weighted by molar-refractivity contribution is 0.0812. The Morgan fingerprint density at radius 2 is 1.65 bits per heavy atom. The highest BCUT2D eigenvalue weighted by Gasteiger charge is 2.20. The van der Waals surface area contributed by atoms with E-state index in [2.05, 4.69) is 5.10 Å². The highest BCUT2D eigenvalue weighted by molar-refractivity contribution is 6.48. The van der Waals surface area contributed by atoms with Crippen molar-refractivity contribution in [3.05, 3.63) is 64.1 Å². The second-order valence-electron chi connectivity index (χ2n) is 4.62. The van der Waals surface area contributed by atoms with E-state index in [9.17, 15) is 14.4 Å². The lowest BCUT2D eigenvalue weighted by Gasteiger charge is -2.08. The van der Waals surface area contributed by atoms with E-state index in [0.29, 0.717) is 5.56 Å². The molecule has 0 saturated heterocycles. The Labute approximate surface area is 115 Å². The van der Waals surface area contributed by atoms with E-state index in [0.717, 1.165) is 0 Å². The Balaban J connectivity index is 2.37. The summed E-state index contributed by atoms with van der Waals surface area (Å²) in [5, 5.41) is 3.95. The molecule has 2 rings (SSSR count). The first-order chi connectivity index (χ1) is 9.50. The molecule has 0 aliphatic rings. The van der Waals surface area contributed by atoms with E-state index in [1.807, 2.05) is 0 Å². The largest absolute Gasteiger partial charge is 0.285 e. The van der Waals surface area contributed by atoms with Crippen molar-refractivity contribution in [3.63, 3.8) is 0 Å². The van der Waals surface area contributed by atoms with Crippen molar-refractivity contribution in [2.24, 2.45) is 0 Å². The summed E-state index contributed by atoms with van der Waals surface area (Å²) < 4.78 is 1.19. The van der Waals surface area contributed by atoms with Crippen LogP contribution in [0.4, 0.5) is 0 Å². The Hall–Kier alpha value is -2.56. The monoisotopic (exact) mass is 270 g/mol. The van der Waals surface area contributed by atoms with Gasteiger partial charge in [-0.05, 0) is 19.9 Å². The molecule has 0 atom stereocenters. The molecule has 0 bridgehead atoms. The van der Waals surface area contributed by atoms with E-state index < -0.39 is 11.6 Å². The number of carbonyl (C=O) groups is 2. The maximum absolute atomic E-state index is 12.1. The molecule has 0 saturated carbocycles. The second-order valence-corrected chi connectivity index (χ2v) is 4.62. The van der Waals surface area contributed by atoms with Crippen LogP contribution in [0, 0.1) is 0 Å². The Morgan fingerprint density at radius 3 is 2.25 bits per heavy atom. The van der Waals surface area contributed by atoms with Crippen LogP contribution in [0.2, 0.25) is 0 Å². The quantitative estimate of drug-likeness (QED) is 0.628. The molecule has 1 heterocycles. The van der Waals surface area contributed by atoms with Gasteiger partial charge in [0.15, 0.2) is 0 Å². The highest BCUT2D eigenvalue weighted by Crippen LogP contribution is 2.06. The van der Waals surface area contributed by atoms with Crippen LogP contribution < -0.4 is 5.56 Å². The lowest BCUT2D eigenvalue weighted by atomic mass is 10.1. The lowest BCUT2D eigenvalue weighted by Crippen LogP contribution is -2.27. The Kier molecular flexibility index (Phi) is 3.89. The molecule has 5 nitrogen and oxygen atoms in total. The molecular weight excluding hydrogens is 256 g/mol. The average molecular weight is 270 g/mol. The molecule has 0 amide bonds. The van der Waals surface area contributed by atoms with Crippen molar-refractivity contribution in [2.45, 2.75) is 19.9 Å². The molecule has 0 radical (unpaired) electrons. The molecule has 102 valence electrons. The molecule has 2 aromatic rings. The number of nitrogens with zero attached hydrogens (tertiary/aromatic N) is 2. The van der Waals surface area contributed by atoms with E-state index in [-0.39, 0.29) is 17.3 Å². The van der Waals surface area contributed by atoms with Crippen LogP contribution in [0.5, 0.6) is 0 Å². The van der Waals surface area contributed by atoms with E-state index in [4.69, 9.17) is 0 Å². The minimum absolute atomic E-state index is 0.0212. The zero-order valence-electron chi connectivity index (χ0n) is 11.2. The molecule has 0 N–H and O–H groups in total. The number of ketones is 2. The first-order valence-corrected chi connectivity index (χ1v) is 6.24. The van der Waals surface area contributed by atoms with Gasteiger partial charge in [-0.15, -0.1) is 0 Å². The summed E-state index contributed by atoms with van der Waals surface area (Å²) in [4.78, 5) is 35.7. The van der Waals surface area contributed by atoms with Gasteiger partial charge in [-0.2, -0.15) is 5.10 Å². The van der Waals surface area contributed by atoms with Crippen LogP contribution in [0.3, 0.4) is 0 Å². The van der Waals surface area contributed by atoms with E-state index >= 15 is 0 Å². The smallest absolute Gasteiger partial charge is 0.267 e. The maximum atomic E-state index is 12.1. The average Bonchev–Trinajstić information content (AvgIpc) is 2.47. The van der Waals surface area contributed by atoms with Gasteiger partial charge < -0.3 is 0 Å². The summed E-state index contributed by atoms with van der Waals surface area (Å²) in [5.41, 5.74) is -0.0162. The van der Waals surface area contributed by atoms with Gasteiger partial charge in [0.25, 0.3) is 11.3 Å². The van der Waals surface area contributed by atoms with Crippen molar-refractivity contribution < 1.29 is 9.59 Å². The highest BCUT2D eigenvalue weighted by atomic mass is 16.2. The third-order valence-corrected chi connectivity index (χ3v) is 2.79. The molecule has 0 spiro atoms. The normalized spacial score (nSPS) is 10.6. The van der Waals surface area contributed by atoms with Gasteiger partial charge in [0.05, 0.1) is 6.04 Å². The number of Topliss-reactive ketones (excluding diaryl/α,β-unsaturated/α-hetero) is 2. The number of carbonyl (C=O) groups excluding carboxylic acids is 2. The molecule has 0 fully saturated rings. The third-order valence-electron chi connectivity index (χ3n) is 2.79. The zero-order valence-corrected chi connectivity index (χ0v) is 11.2. The Bertz CT molecular complexity index is 703. The number of aromatic nitrogens is 2. The summed E-state index contributed by atoms with van der Waals surface area (Å²) in [6.07, 6.45) is 0.